The van der Waals surface area contributed by atoms with Crippen molar-refractivity contribution >= 4 is 16.9 Å². The topological polar surface area (TPSA) is 76.2 Å². The minimum Gasteiger partial charge on any atom is -0.389 e. The Balaban J connectivity index is 1.40. The third kappa shape index (κ3) is 4.31. The highest BCUT2D eigenvalue weighted by Gasteiger charge is 2.37. The normalized spacial score (nSPS) is 21.4. The third-order valence-electron chi connectivity index (χ3n) is 6.87. The van der Waals surface area contributed by atoms with Crippen molar-refractivity contribution in [1.82, 2.24) is 24.0 Å². The summed E-state index contributed by atoms with van der Waals surface area (Å²) in [6.07, 6.45) is 7.03. The van der Waals surface area contributed by atoms with Crippen LogP contribution in [0.3, 0.4) is 0 Å². The lowest BCUT2D eigenvalue weighted by Crippen LogP contribution is -2.50. The van der Waals surface area contributed by atoms with Crippen molar-refractivity contribution in [3.05, 3.63) is 48.3 Å². The molecule has 0 saturated heterocycles. The Hall–Kier alpha value is -2.67. The van der Waals surface area contributed by atoms with E-state index in [1.54, 1.807) is 11.1 Å². The van der Waals surface area contributed by atoms with Crippen LogP contribution in [0.25, 0.3) is 11.0 Å². The lowest BCUT2D eigenvalue weighted by atomic mass is 9.86. The molecule has 0 spiro atoms. The number of imidazole rings is 2. The second kappa shape index (κ2) is 9.45. The van der Waals surface area contributed by atoms with E-state index in [1.165, 1.54) is 0 Å². The SMILES string of the molecule is Cc1nccn1[C@@H]1CCC[C@@H](N(C)C(=O)CCCn2c(C(C)C)nc3ccccc32)[C@H]1O. The third-order valence-corrected chi connectivity index (χ3v) is 6.87. The van der Waals surface area contributed by atoms with E-state index in [4.69, 9.17) is 4.98 Å². The van der Waals surface area contributed by atoms with Crippen molar-refractivity contribution in [1.29, 1.82) is 0 Å². The molecule has 172 valence electrons. The number of carbonyl (C=O) groups is 1. The number of benzene rings is 1. The van der Waals surface area contributed by atoms with Gasteiger partial charge in [0.05, 0.1) is 29.2 Å². The number of hydrogen-bond acceptors (Lipinski definition) is 4. The molecule has 1 fully saturated rings. The molecule has 0 bridgehead atoms. The minimum atomic E-state index is -0.587. The second-order valence-electron chi connectivity index (χ2n) is 9.31. The number of amides is 1. The van der Waals surface area contributed by atoms with Crippen LogP contribution in [-0.2, 0) is 11.3 Å². The first-order valence-corrected chi connectivity index (χ1v) is 11.8. The van der Waals surface area contributed by atoms with Crippen molar-refractivity contribution in [3.8, 4) is 0 Å². The van der Waals surface area contributed by atoms with Crippen LogP contribution in [0, 0.1) is 6.92 Å². The Morgan fingerprint density at radius 2 is 2.06 bits per heavy atom. The molecule has 32 heavy (non-hydrogen) atoms. The number of rotatable bonds is 7. The molecular formula is C25H35N5O2. The highest BCUT2D eigenvalue weighted by molar-refractivity contribution is 5.77. The zero-order valence-corrected chi connectivity index (χ0v) is 19.6. The minimum absolute atomic E-state index is 0.0302. The van der Waals surface area contributed by atoms with Gasteiger partial charge in [0.25, 0.3) is 0 Å². The second-order valence-corrected chi connectivity index (χ2v) is 9.31. The summed E-state index contributed by atoms with van der Waals surface area (Å²) in [5.74, 6) is 2.37. The number of nitrogens with zero attached hydrogens (tertiary/aromatic N) is 5. The van der Waals surface area contributed by atoms with Gasteiger partial charge in [-0.15, -0.1) is 0 Å². The smallest absolute Gasteiger partial charge is 0.222 e. The molecular weight excluding hydrogens is 402 g/mol. The Kier molecular flexibility index (Phi) is 6.65. The summed E-state index contributed by atoms with van der Waals surface area (Å²) in [6.45, 7) is 7.02. The number of para-hydroxylation sites is 2. The van der Waals surface area contributed by atoms with Gasteiger partial charge in [-0.1, -0.05) is 26.0 Å². The Morgan fingerprint density at radius 3 is 2.78 bits per heavy atom. The lowest BCUT2D eigenvalue weighted by Gasteiger charge is -2.40. The first-order chi connectivity index (χ1) is 15.4. The molecule has 1 amide bonds. The predicted molar refractivity (Wildman–Crippen MR) is 125 cm³/mol. The van der Waals surface area contributed by atoms with Gasteiger partial charge in [-0.2, -0.15) is 0 Å². The van der Waals surface area contributed by atoms with Crippen LogP contribution < -0.4 is 0 Å². The zero-order valence-electron chi connectivity index (χ0n) is 19.6. The molecule has 0 aliphatic heterocycles. The van der Waals surface area contributed by atoms with Crippen molar-refractivity contribution < 1.29 is 9.90 Å². The maximum atomic E-state index is 13.0. The fraction of sp³-hybridized carbons (Fsp3) is 0.560. The number of aromatic nitrogens is 4. The van der Waals surface area contributed by atoms with Crippen LogP contribution >= 0.6 is 0 Å². The van der Waals surface area contributed by atoms with Crippen molar-refractivity contribution in [2.24, 2.45) is 0 Å². The number of likely N-dealkylation sites (N-methyl/N-ethyl adjacent to an activating group) is 1. The molecule has 7 nitrogen and oxygen atoms in total. The van der Waals surface area contributed by atoms with Crippen LogP contribution in [-0.4, -0.2) is 54.2 Å². The Labute approximate surface area is 190 Å². The van der Waals surface area contributed by atoms with Crippen LogP contribution in [0.15, 0.2) is 36.7 Å². The molecule has 1 N–H and O–H groups in total. The van der Waals surface area contributed by atoms with Crippen LogP contribution in [0.1, 0.15) is 69.6 Å². The van der Waals surface area contributed by atoms with Gasteiger partial charge in [-0.3, -0.25) is 4.79 Å². The van der Waals surface area contributed by atoms with Crippen LogP contribution in [0.5, 0.6) is 0 Å². The molecule has 0 radical (unpaired) electrons. The van der Waals surface area contributed by atoms with E-state index in [1.807, 2.05) is 42.9 Å². The first-order valence-electron chi connectivity index (χ1n) is 11.8. The molecule has 2 heterocycles. The van der Waals surface area contributed by atoms with E-state index in [2.05, 4.69) is 29.5 Å². The number of aryl methyl sites for hydroxylation is 2. The molecule has 4 rings (SSSR count). The van der Waals surface area contributed by atoms with Gasteiger partial charge < -0.3 is 19.1 Å². The van der Waals surface area contributed by atoms with Gasteiger partial charge >= 0.3 is 0 Å². The zero-order chi connectivity index (χ0) is 22.8. The Morgan fingerprint density at radius 1 is 1.28 bits per heavy atom. The van der Waals surface area contributed by atoms with Gasteiger partial charge in [0.1, 0.15) is 11.6 Å². The number of aliphatic hydroxyl groups is 1. The summed E-state index contributed by atoms with van der Waals surface area (Å²) in [5.41, 5.74) is 2.13. The molecule has 0 unspecified atom stereocenters. The molecule has 7 heteroatoms. The van der Waals surface area contributed by atoms with Crippen molar-refractivity contribution in [3.63, 3.8) is 0 Å². The van der Waals surface area contributed by atoms with Gasteiger partial charge in [0, 0.05) is 38.3 Å². The largest absolute Gasteiger partial charge is 0.389 e. The van der Waals surface area contributed by atoms with E-state index < -0.39 is 6.10 Å². The van der Waals surface area contributed by atoms with Crippen LogP contribution in [0.4, 0.5) is 0 Å². The summed E-state index contributed by atoms with van der Waals surface area (Å²) in [6, 6.07) is 7.99. The average Bonchev–Trinajstić information content (AvgIpc) is 3.37. The molecule has 1 aliphatic carbocycles. The van der Waals surface area contributed by atoms with E-state index >= 15 is 0 Å². The molecule has 3 atom stereocenters. The number of aliphatic hydroxyl groups excluding tert-OH is 1. The maximum Gasteiger partial charge on any atom is 0.222 e. The van der Waals surface area contributed by atoms with Crippen molar-refractivity contribution in [2.45, 2.75) is 83.5 Å². The van der Waals surface area contributed by atoms with Gasteiger partial charge in [-0.05, 0) is 44.7 Å². The summed E-state index contributed by atoms with van der Waals surface area (Å²) in [4.78, 5) is 23.9. The van der Waals surface area contributed by atoms with Gasteiger partial charge in [-0.25, -0.2) is 9.97 Å². The lowest BCUT2D eigenvalue weighted by molar-refractivity contribution is -0.136. The van der Waals surface area contributed by atoms with E-state index in [9.17, 15) is 9.90 Å². The van der Waals surface area contributed by atoms with Crippen molar-refractivity contribution in [2.75, 3.05) is 7.05 Å². The van der Waals surface area contributed by atoms with E-state index in [0.717, 1.165) is 54.9 Å². The quantitative estimate of drug-likeness (QED) is 0.605. The maximum absolute atomic E-state index is 13.0. The molecule has 1 aliphatic rings. The van der Waals surface area contributed by atoms with E-state index in [-0.39, 0.29) is 18.0 Å². The summed E-state index contributed by atoms with van der Waals surface area (Å²) in [5, 5.41) is 11.1. The molecule has 1 saturated carbocycles. The van der Waals surface area contributed by atoms with E-state index in [0.29, 0.717) is 12.3 Å². The molecule has 1 aromatic carbocycles. The summed E-state index contributed by atoms with van der Waals surface area (Å²) < 4.78 is 4.30. The summed E-state index contributed by atoms with van der Waals surface area (Å²) >= 11 is 0. The summed E-state index contributed by atoms with van der Waals surface area (Å²) in [7, 11) is 1.84. The Bertz CT molecular complexity index is 1070. The van der Waals surface area contributed by atoms with Gasteiger partial charge in [0.2, 0.25) is 5.91 Å². The number of fused-ring (bicyclic) bond motifs is 1. The number of hydrogen-bond donors (Lipinski definition) is 1. The monoisotopic (exact) mass is 437 g/mol. The molecule has 2 aromatic heterocycles. The first kappa shape index (κ1) is 22.5. The fourth-order valence-electron chi connectivity index (χ4n) is 5.12. The van der Waals surface area contributed by atoms with Crippen LogP contribution in [0.2, 0.25) is 0 Å². The predicted octanol–water partition coefficient (Wildman–Crippen LogP) is 4.06. The average molecular weight is 438 g/mol. The standard InChI is InChI=1S/C25H35N5O2/c1-17(2)25-27-19-9-5-6-10-20(19)30(25)15-8-13-23(31)28(4)21-11-7-12-22(24(21)32)29-16-14-26-18(29)3/h5-6,9-10,14,16-17,21-22,24,32H,7-8,11-13,15H2,1-4H3/t21-,22-,24-/m1/s1. The highest BCUT2D eigenvalue weighted by atomic mass is 16.3. The highest BCUT2D eigenvalue weighted by Crippen LogP contribution is 2.32. The number of carbonyl (C=O) groups excluding carboxylic acids is 1. The fourth-order valence-corrected chi connectivity index (χ4v) is 5.12. The molecule has 3 aromatic rings. The van der Waals surface area contributed by atoms with Gasteiger partial charge in [0.15, 0.2) is 0 Å².